The van der Waals surface area contributed by atoms with Crippen molar-refractivity contribution in [1.29, 1.82) is 0 Å². The van der Waals surface area contributed by atoms with Crippen LogP contribution < -0.4 is 11.5 Å². The molecule has 0 aliphatic heterocycles. The average Bonchev–Trinajstić information content (AvgIpc) is 2.00. The molecule has 66 valence electrons. The summed E-state index contributed by atoms with van der Waals surface area (Å²) in [7, 11) is 1.50. The van der Waals surface area contributed by atoms with Crippen LogP contribution in [0.4, 0.5) is 5.69 Å². The SMILES string of the molecule is CN.Cc1ccc(N)cc1.S.[HH]. The summed E-state index contributed by atoms with van der Waals surface area (Å²) >= 11 is 0. The van der Waals surface area contributed by atoms with Crippen molar-refractivity contribution in [2.75, 3.05) is 12.8 Å². The number of benzene rings is 1. The van der Waals surface area contributed by atoms with Crippen LogP contribution in [0, 0.1) is 6.92 Å². The van der Waals surface area contributed by atoms with Gasteiger partial charge < -0.3 is 11.5 Å². The molecule has 4 N–H and O–H groups in total. The van der Waals surface area contributed by atoms with Crippen molar-refractivity contribution in [1.82, 2.24) is 0 Å². The molecule has 0 saturated carbocycles. The highest BCUT2D eigenvalue weighted by Crippen LogP contribution is 2.02. The Labute approximate surface area is 76.5 Å². The van der Waals surface area contributed by atoms with E-state index in [4.69, 9.17) is 5.73 Å². The normalized spacial score (nSPS) is 7.18. The molecule has 1 aromatic carbocycles. The second-order valence-corrected chi connectivity index (χ2v) is 1.91. The first kappa shape index (κ1) is 13.0. The topological polar surface area (TPSA) is 52.0 Å². The van der Waals surface area contributed by atoms with Crippen LogP contribution in [-0.4, -0.2) is 7.05 Å². The third kappa shape index (κ3) is 5.76. The molecule has 0 aliphatic rings. The Bertz CT molecular complexity index is 156. The van der Waals surface area contributed by atoms with E-state index in [9.17, 15) is 0 Å². The van der Waals surface area contributed by atoms with Gasteiger partial charge in [-0.1, -0.05) is 17.7 Å². The predicted molar refractivity (Wildman–Crippen MR) is 58.2 cm³/mol. The largest absolute Gasteiger partial charge is 0.399 e. The van der Waals surface area contributed by atoms with Crippen LogP contribution in [0.2, 0.25) is 0 Å². The lowest BCUT2D eigenvalue weighted by Crippen LogP contribution is -1.81. The van der Waals surface area contributed by atoms with E-state index in [1.165, 1.54) is 12.6 Å². The van der Waals surface area contributed by atoms with Gasteiger partial charge >= 0.3 is 0 Å². The van der Waals surface area contributed by atoms with E-state index in [0.717, 1.165) is 5.69 Å². The van der Waals surface area contributed by atoms with Crippen molar-refractivity contribution < 1.29 is 1.43 Å². The van der Waals surface area contributed by atoms with Gasteiger partial charge in [0.15, 0.2) is 0 Å². The molecule has 3 heteroatoms. The summed E-state index contributed by atoms with van der Waals surface area (Å²) in [6, 6.07) is 7.79. The fourth-order valence-corrected chi connectivity index (χ4v) is 0.566. The third-order valence-corrected chi connectivity index (χ3v) is 1.08. The lowest BCUT2D eigenvalue weighted by Gasteiger charge is -1.90. The summed E-state index contributed by atoms with van der Waals surface area (Å²) in [4.78, 5) is 0. The molecule has 0 aliphatic carbocycles. The molecule has 0 amide bonds. The van der Waals surface area contributed by atoms with E-state index < -0.39 is 0 Å². The maximum atomic E-state index is 5.43. The minimum atomic E-state index is 0. The van der Waals surface area contributed by atoms with E-state index in [2.05, 4.69) is 5.73 Å². The third-order valence-electron chi connectivity index (χ3n) is 1.08. The number of anilines is 1. The minimum absolute atomic E-state index is 0. The predicted octanol–water partition coefficient (Wildman–Crippen LogP) is 1.51. The zero-order chi connectivity index (χ0) is 7.98. The summed E-state index contributed by atoms with van der Waals surface area (Å²) in [5, 5.41) is 0. The van der Waals surface area contributed by atoms with Gasteiger partial charge in [-0.25, -0.2) is 0 Å². The first-order chi connectivity index (χ1) is 4.79. The maximum absolute atomic E-state index is 5.43. The molecule has 1 rings (SSSR count). The number of aryl methyl sites for hydroxylation is 1. The van der Waals surface area contributed by atoms with Gasteiger partial charge in [0, 0.05) is 7.11 Å². The fourth-order valence-electron chi connectivity index (χ4n) is 0.566. The number of hydrogen-bond donors (Lipinski definition) is 2. The highest BCUT2D eigenvalue weighted by molar-refractivity contribution is 7.59. The number of nitrogen functional groups attached to an aromatic ring is 1. The Morgan fingerprint density at radius 3 is 1.73 bits per heavy atom. The number of hydrogen-bond acceptors (Lipinski definition) is 2. The number of rotatable bonds is 0. The van der Waals surface area contributed by atoms with Gasteiger partial charge in [0.2, 0.25) is 0 Å². The second-order valence-electron chi connectivity index (χ2n) is 1.91. The fraction of sp³-hybridized carbons (Fsp3) is 0.250. The zero-order valence-corrected chi connectivity index (χ0v) is 7.96. The lowest BCUT2D eigenvalue weighted by atomic mass is 10.2. The summed E-state index contributed by atoms with van der Waals surface area (Å²) in [6.45, 7) is 2.04. The molecule has 0 radical (unpaired) electrons. The number of nitrogens with two attached hydrogens (primary N) is 2. The smallest absolute Gasteiger partial charge is 0.0314 e. The maximum Gasteiger partial charge on any atom is 0.0314 e. The van der Waals surface area contributed by atoms with Crippen molar-refractivity contribution >= 4 is 19.2 Å². The first-order valence-corrected chi connectivity index (χ1v) is 3.19. The van der Waals surface area contributed by atoms with E-state index in [0.29, 0.717) is 0 Å². The highest BCUT2D eigenvalue weighted by atomic mass is 32.1. The summed E-state index contributed by atoms with van der Waals surface area (Å²) in [5.41, 5.74) is 12.0. The van der Waals surface area contributed by atoms with Gasteiger partial charge in [-0.3, -0.25) is 0 Å². The molecule has 0 aromatic heterocycles. The van der Waals surface area contributed by atoms with Crippen LogP contribution in [0.1, 0.15) is 6.99 Å². The summed E-state index contributed by atoms with van der Waals surface area (Å²) in [5.74, 6) is 0. The van der Waals surface area contributed by atoms with Gasteiger partial charge in [-0.15, -0.1) is 0 Å². The second kappa shape index (κ2) is 7.44. The zero-order valence-electron chi connectivity index (χ0n) is 6.96. The van der Waals surface area contributed by atoms with Crippen molar-refractivity contribution in [3.8, 4) is 0 Å². The van der Waals surface area contributed by atoms with Crippen molar-refractivity contribution in [2.24, 2.45) is 5.73 Å². The van der Waals surface area contributed by atoms with E-state index in [1.54, 1.807) is 0 Å². The molecule has 2 nitrogen and oxygen atoms in total. The standard InChI is InChI=1S/C7H9N.CH5N.H2S.H2/c1-6-2-4-7(8)5-3-6;1-2;;/h2-5H,8H2,1H3;2H2,1H3;1H2;1H. The molecule has 0 atom stereocenters. The van der Waals surface area contributed by atoms with Crippen LogP contribution in [0.15, 0.2) is 24.3 Å². The van der Waals surface area contributed by atoms with Crippen molar-refractivity contribution in [2.45, 2.75) is 6.92 Å². The van der Waals surface area contributed by atoms with E-state index in [1.807, 2.05) is 31.2 Å². The summed E-state index contributed by atoms with van der Waals surface area (Å²) < 4.78 is 0. The molecule has 0 fully saturated rings. The van der Waals surface area contributed by atoms with Crippen molar-refractivity contribution in [3.05, 3.63) is 29.8 Å². The molecule has 0 heterocycles. The van der Waals surface area contributed by atoms with Gasteiger partial charge in [-0.2, -0.15) is 13.5 Å². The molecule has 0 saturated heterocycles. The molecule has 1 aromatic rings. The van der Waals surface area contributed by atoms with Crippen LogP contribution >= 0.6 is 13.5 Å². The van der Waals surface area contributed by atoms with Crippen LogP contribution in [0.25, 0.3) is 0 Å². The Morgan fingerprint density at radius 1 is 1.09 bits per heavy atom. The Morgan fingerprint density at radius 2 is 1.45 bits per heavy atom. The monoisotopic (exact) mass is 174 g/mol. The first-order valence-electron chi connectivity index (χ1n) is 3.19. The van der Waals surface area contributed by atoms with E-state index >= 15 is 0 Å². The Hall–Kier alpha value is -0.670. The Balaban J connectivity index is -0.000000189. The van der Waals surface area contributed by atoms with Gasteiger partial charge in [0.25, 0.3) is 0 Å². The van der Waals surface area contributed by atoms with Gasteiger partial charge in [-0.05, 0) is 26.1 Å². The quantitative estimate of drug-likeness (QED) is 0.586. The van der Waals surface area contributed by atoms with Gasteiger partial charge in [0.1, 0.15) is 0 Å². The van der Waals surface area contributed by atoms with Gasteiger partial charge in [0.05, 0.1) is 0 Å². The molecule has 0 spiro atoms. The molecule has 0 bridgehead atoms. The molecular formula is C8H18N2S. The molecule has 11 heavy (non-hydrogen) atoms. The van der Waals surface area contributed by atoms with Crippen molar-refractivity contribution in [3.63, 3.8) is 0 Å². The summed E-state index contributed by atoms with van der Waals surface area (Å²) in [6.07, 6.45) is 0. The lowest BCUT2D eigenvalue weighted by molar-refractivity contribution is 1.47. The minimum Gasteiger partial charge on any atom is -0.399 e. The van der Waals surface area contributed by atoms with Crippen LogP contribution in [0.3, 0.4) is 0 Å². The van der Waals surface area contributed by atoms with Crippen LogP contribution in [0.5, 0.6) is 0 Å². The average molecular weight is 174 g/mol. The van der Waals surface area contributed by atoms with Crippen LogP contribution in [-0.2, 0) is 0 Å². The molecule has 0 unspecified atom stereocenters. The Kier molecular flexibility index (Phi) is 8.76. The highest BCUT2D eigenvalue weighted by Gasteiger charge is 1.80. The van der Waals surface area contributed by atoms with E-state index in [-0.39, 0.29) is 14.9 Å². The molecular weight excluding hydrogens is 156 g/mol.